The molecule has 4 nitrogen and oxygen atoms in total. The number of aromatic amines is 1. The molecule has 0 amide bonds. The molecule has 0 fully saturated rings. The summed E-state index contributed by atoms with van der Waals surface area (Å²) in [5.74, 6) is -0.569. The zero-order valence-electron chi connectivity index (χ0n) is 6.77. The van der Waals surface area contributed by atoms with Crippen molar-refractivity contribution in [2.24, 2.45) is 5.73 Å². The number of nitrogen functional groups attached to an aromatic ring is 1. The second-order valence-corrected chi connectivity index (χ2v) is 2.53. The smallest absolute Gasteiger partial charge is 0.384 e. The number of alkyl halides is 3. The molecule has 7 heteroatoms. The first-order valence-electron chi connectivity index (χ1n) is 3.47. The molecule has 0 radical (unpaired) electrons. The molecule has 0 aliphatic heterocycles. The summed E-state index contributed by atoms with van der Waals surface area (Å²) in [5, 5.41) is 6.88. The molecule has 0 unspecified atom stereocenters. The molecule has 1 heterocycles. The largest absolute Gasteiger partial charge is 0.431 e. The number of nitrogens with one attached hydrogen (secondary N) is 2. The van der Waals surface area contributed by atoms with Crippen molar-refractivity contribution < 1.29 is 13.2 Å². The Kier molecular flexibility index (Phi) is 2.33. The molecule has 0 saturated carbocycles. The molecule has 1 rings (SSSR count). The number of amidine groups is 1. The molecule has 0 aromatic carbocycles. The fourth-order valence-electron chi connectivity index (χ4n) is 0.851. The lowest BCUT2D eigenvalue weighted by atomic mass is 10.2. The average Bonchev–Trinajstić information content (AvgIpc) is 2.01. The average molecular weight is 205 g/mol. The van der Waals surface area contributed by atoms with E-state index in [9.17, 15) is 18.0 Å². The highest BCUT2D eigenvalue weighted by Crippen LogP contribution is 2.26. The van der Waals surface area contributed by atoms with Crippen LogP contribution in [0.3, 0.4) is 0 Å². The van der Waals surface area contributed by atoms with E-state index in [-0.39, 0.29) is 5.56 Å². The summed E-state index contributed by atoms with van der Waals surface area (Å²) in [6.07, 6.45) is -4.60. The van der Waals surface area contributed by atoms with Crippen molar-refractivity contribution >= 4 is 5.84 Å². The minimum Gasteiger partial charge on any atom is -0.384 e. The molecule has 0 spiro atoms. The first-order chi connectivity index (χ1) is 6.32. The minimum absolute atomic E-state index is 0.280. The number of rotatable bonds is 1. The van der Waals surface area contributed by atoms with Crippen LogP contribution in [0.5, 0.6) is 0 Å². The first-order valence-corrected chi connectivity index (χ1v) is 3.47. The fraction of sp³-hybridized carbons (Fsp3) is 0.143. The van der Waals surface area contributed by atoms with E-state index in [0.29, 0.717) is 6.07 Å². The molecule has 1 aromatic heterocycles. The Morgan fingerprint density at radius 1 is 1.43 bits per heavy atom. The van der Waals surface area contributed by atoms with Gasteiger partial charge in [0.25, 0.3) is 5.56 Å². The predicted octanol–water partition coefficient (Wildman–Crippen LogP) is 0.678. The molecule has 1 aromatic rings. The Morgan fingerprint density at radius 3 is 2.36 bits per heavy atom. The monoisotopic (exact) mass is 205 g/mol. The summed E-state index contributed by atoms with van der Waals surface area (Å²) in [6.45, 7) is 0. The minimum atomic E-state index is -4.60. The third kappa shape index (κ3) is 1.93. The second-order valence-electron chi connectivity index (χ2n) is 2.53. The number of nitrogens with two attached hydrogens (primary N) is 1. The van der Waals surface area contributed by atoms with Crippen molar-refractivity contribution in [2.75, 3.05) is 0 Å². The van der Waals surface area contributed by atoms with Gasteiger partial charge in [0.2, 0.25) is 0 Å². The van der Waals surface area contributed by atoms with Crippen molar-refractivity contribution in [3.05, 3.63) is 33.7 Å². The molecule has 14 heavy (non-hydrogen) atoms. The predicted molar refractivity (Wildman–Crippen MR) is 43.1 cm³/mol. The van der Waals surface area contributed by atoms with Gasteiger partial charge in [-0.2, -0.15) is 13.2 Å². The third-order valence-electron chi connectivity index (χ3n) is 1.51. The van der Waals surface area contributed by atoms with E-state index in [1.807, 2.05) is 0 Å². The number of halogens is 3. The van der Waals surface area contributed by atoms with Crippen molar-refractivity contribution in [3.63, 3.8) is 0 Å². The van der Waals surface area contributed by atoms with E-state index in [1.165, 1.54) is 0 Å². The SMILES string of the molecule is N=C(N)c1ccc(C(F)(F)F)[nH]c1=O. The van der Waals surface area contributed by atoms with Gasteiger partial charge in [-0.25, -0.2) is 0 Å². The van der Waals surface area contributed by atoms with Gasteiger partial charge in [0.15, 0.2) is 0 Å². The van der Waals surface area contributed by atoms with Crippen molar-refractivity contribution in [3.8, 4) is 0 Å². The Labute approximate surface area is 76.1 Å². The van der Waals surface area contributed by atoms with Crippen LogP contribution in [0.2, 0.25) is 0 Å². The second kappa shape index (κ2) is 3.17. The standard InChI is InChI=1S/C7H6F3N3O/c8-7(9,10)4-2-1-3(5(11)12)6(14)13-4/h1-2H,(H3,11,12)(H,13,14). The third-order valence-corrected chi connectivity index (χ3v) is 1.51. The van der Waals surface area contributed by atoms with Crippen LogP contribution in [0.25, 0.3) is 0 Å². The lowest BCUT2D eigenvalue weighted by molar-refractivity contribution is -0.141. The lowest BCUT2D eigenvalue weighted by Crippen LogP contribution is -2.25. The summed E-state index contributed by atoms with van der Waals surface area (Å²) in [5.41, 5.74) is 2.50. The van der Waals surface area contributed by atoms with Crippen molar-refractivity contribution in [1.29, 1.82) is 5.41 Å². The van der Waals surface area contributed by atoms with Crippen molar-refractivity contribution in [2.45, 2.75) is 6.18 Å². The van der Waals surface area contributed by atoms with Crippen LogP contribution in [0.1, 0.15) is 11.3 Å². The van der Waals surface area contributed by atoms with Crippen LogP contribution in [0.15, 0.2) is 16.9 Å². The molecular weight excluding hydrogens is 199 g/mol. The van der Waals surface area contributed by atoms with Gasteiger partial charge in [0.1, 0.15) is 11.5 Å². The van der Waals surface area contributed by atoms with Gasteiger partial charge in [0.05, 0.1) is 5.56 Å². The van der Waals surface area contributed by atoms with Gasteiger partial charge in [-0.1, -0.05) is 0 Å². The topological polar surface area (TPSA) is 82.7 Å². The maximum absolute atomic E-state index is 12.0. The summed E-state index contributed by atoms with van der Waals surface area (Å²) in [7, 11) is 0. The maximum atomic E-state index is 12.0. The molecule has 0 bridgehead atoms. The molecule has 0 aliphatic carbocycles. The van der Waals surface area contributed by atoms with Gasteiger partial charge in [0, 0.05) is 0 Å². The molecular formula is C7H6F3N3O. The zero-order valence-corrected chi connectivity index (χ0v) is 6.77. The summed E-state index contributed by atoms with van der Waals surface area (Å²) >= 11 is 0. The number of aromatic nitrogens is 1. The number of pyridine rings is 1. The Hall–Kier alpha value is -1.79. The molecule has 0 aliphatic rings. The van der Waals surface area contributed by atoms with Gasteiger partial charge < -0.3 is 10.7 Å². The van der Waals surface area contributed by atoms with Crippen LogP contribution in [-0.2, 0) is 6.18 Å². The van der Waals surface area contributed by atoms with E-state index in [0.717, 1.165) is 6.07 Å². The van der Waals surface area contributed by atoms with Gasteiger partial charge >= 0.3 is 6.18 Å². The highest BCUT2D eigenvalue weighted by atomic mass is 19.4. The Morgan fingerprint density at radius 2 is 2.00 bits per heavy atom. The molecule has 76 valence electrons. The van der Waals surface area contributed by atoms with Gasteiger partial charge in [-0.05, 0) is 12.1 Å². The molecule has 0 atom stereocenters. The van der Waals surface area contributed by atoms with E-state index in [2.05, 4.69) is 0 Å². The lowest BCUT2D eigenvalue weighted by Gasteiger charge is -2.06. The van der Waals surface area contributed by atoms with Gasteiger partial charge in [-0.3, -0.25) is 10.2 Å². The number of H-pyrrole nitrogens is 1. The van der Waals surface area contributed by atoms with E-state index < -0.39 is 23.3 Å². The van der Waals surface area contributed by atoms with Gasteiger partial charge in [-0.15, -0.1) is 0 Å². The zero-order chi connectivity index (χ0) is 10.9. The van der Waals surface area contributed by atoms with Crippen LogP contribution >= 0.6 is 0 Å². The fourth-order valence-corrected chi connectivity index (χ4v) is 0.851. The van der Waals surface area contributed by atoms with E-state index in [1.54, 1.807) is 4.98 Å². The summed E-state index contributed by atoms with van der Waals surface area (Å²) in [4.78, 5) is 12.5. The van der Waals surface area contributed by atoms with Crippen LogP contribution < -0.4 is 11.3 Å². The number of hydrogen-bond acceptors (Lipinski definition) is 2. The summed E-state index contributed by atoms with van der Waals surface area (Å²) in [6, 6.07) is 1.53. The molecule has 0 saturated heterocycles. The highest BCUT2D eigenvalue weighted by molar-refractivity contribution is 5.94. The quantitative estimate of drug-likeness (QED) is 0.465. The highest BCUT2D eigenvalue weighted by Gasteiger charge is 2.31. The van der Waals surface area contributed by atoms with Crippen LogP contribution in [0.4, 0.5) is 13.2 Å². The van der Waals surface area contributed by atoms with E-state index in [4.69, 9.17) is 11.1 Å². The first kappa shape index (κ1) is 10.3. The Bertz CT molecular complexity index is 421. The van der Waals surface area contributed by atoms with Crippen LogP contribution in [-0.4, -0.2) is 10.8 Å². The number of hydrogen-bond donors (Lipinski definition) is 3. The van der Waals surface area contributed by atoms with Crippen LogP contribution in [0, 0.1) is 5.41 Å². The van der Waals surface area contributed by atoms with E-state index >= 15 is 0 Å². The normalized spacial score (nSPS) is 11.4. The molecule has 4 N–H and O–H groups in total. The maximum Gasteiger partial charge on any atom is 0.431 e. The summed E-state index contributed by atoms with van der Waals surface area (Å²) < 4.78 is 36.1. The Balaban J connectivity index is 3.27. The van der Waals surface area contributed by atoms with Crippen molar-refractivity contribution in [1.82, 2.24) is 4.98 Å².